The topological polar surface area (TPSA) is 38.1 Å². The van der Waals surface area contributed by atoms with Gasteiger partial charge in [-0.2, -0.15) is 5.10 Å². The number of rotatable bonds is 6. The second kappa shape index (κ2) is 8.23. The Hall–Kier alpha value is -2.53. The van der Waals surface area contributed by atoms with Gasteiger partial charge in [0.25, 0.3) is 0 Å². The zero-order valence-electron chi connectivity index (χ0n) is 16.3. The second-order valence-corrected chi connectivity index (χ2v) is 8.58. The highest BCUT2D eigenvalue weighted by atomic mass is 32.2. The van der Waals surface area contributed by atoms with Crippen molar-refractivity contribution in [2.75, 3.05) is 12.3 Å². The predicted molar refractivity (Wildman–Crippen MR) is 115 cm³/mol. The van der Waals surface area contributed by atoms with Crippen molar-refractivity contribution in [1.29, 1.82) is 0 Å². The van der Waals surface area contributed by atoms with Crippen molar-refractivity contribution < 1.29 is 4.79 Å². The smallest absolute Gasteiger partial charge is 0.233 e. The largest absolute Gasteiger partial charge is 0.326 e. The first-order chi connectivity index (χ1) is 13.6. The van der Waals surface area contributed by atoms with Crippen LogP contribution in [0.5, 0.6) is 0 Å². The van der Waals surface area contributed by atoms with Gasteiger partial charge in [-0.05, 0) is 24.5 Å². The van der Waals surface area contributed by atoms with Crippen molar-refractivity contribution >= 4 is 17.7 Å². The standard InChI is InChI=1S/C23H25N3OS/c1-17(2)13-14-25-21(27)16-28-23(25)20-15-26(19-11-7-4-8-12-19)24-22(20)18-9-5-3-6-10-18/h3-12,15,17,23H,13-14,16H2,1-2H3/t23-/m1/s1. The summed E-state index contributed by atoms with van der Waals surface area (Å²) in [6.45, 7) is 5.19. The Kier molecular flexibility index (Phi) is 5.53. The number of thioether (sulfide) groups is 1. The minimum Gasteiger partial charge on any atom is -0.326 e. The SMILES string of the molecule is CC(C)CCN1C(=O)CS[C@@H]1c1cn(-c2ccccc2)nc1-c1ccccc1. The fourth-order valence-electron chi connectivity index (χ4n) is 3.45. The van der Waals surface area contributed by atoms with Gasteiger partial charge in [-0.15, -0.1) is 11.8 Å². The molecule has 0 bridgehead atoms. The molecule has 1 aliphatic rings. The molecule has 1 aromatic heterocycles. The first kappa shape index (κ1) is 18.8. The summed E-state index contributed by atoms with van der Waals surface area (Å²) in [4.78, 5) is 14.6. The third-order valence-corrected chi connectivity index (χ3v) is 6.23. The van der Waals surface area contributed by atoms with Crippen molar-refractivity contribution in [3.05, 3.63) is 72.4 Å². The third kappa shape index (κ3) is 3.85. The summed E-state index contributed by atoms with van der Waals surface area (Å²) >= 11 is 1.70. The number of carbonyl (C=O) groups excluding carboxylic acids is 1. The highest BCUT2D eigenvalue weighted by molar-refractivity contribution is 8.00. The van der Waals surface area contributed by atoms with Crippen LogP contribution in [0.25, 0.3) is 16.9 Å². The molecular weight excluding hydrogens is 366 g/mol. The number of carbonyl (C=O) groups is 1. The van der Waals surface area contributed by atoms with Crippen LogP contribution in [0.1, 0.15) is 31.2 Å². The molecule has 4 nitrogen and oxygen atoms in total. The summed E-state index contributed by atoms with van der Waals surface area (Å²) in [6, 6.07) is 20.4. The van der Waals surface area contributed by atoms with Gasteiger partial charge in [0, 0.05) is 23.9 Å². The van der Waals surface area contributed by atoms with Crippen molar-refractivity contribution in [2.45, 2.75) is 25.6 Å². The lowest BCUT2D eigenvalue weighted by atomic mass is 10.1. The van der Waals surface area contributed by atoms with Crippen LogP contribution in [0.3, 0.4) is 0 Å². The Morgan fingerprint density at radius 1 is 1.07 bits per heavy atom. The molecule has 2 heterocycles. The normalized spacial score (nSPS) is 16.9. The Bertz CT molecular complexity index is 937. The van der Waals surface area contributed by atoms with Crippen LogP contribution >= 0.6 is 11.8 Å². The monoisotopic (exact) mass is 391 g/mol. The molecule has 0 radical (unpaired) electrons. The van der Waals surface area contributed by atoms with Gasteiger partial charge in [0.15, 0.2) is 0 Å². The molecule has 1 atom stereocenters. The first-order valence-electron chi connectivity index (χ1n) is 9.75. The van der Waals surface area contributed by atoms with E-state index in [0.29, 0.717) is 11.7 Å². The molecule has 1 aliphatic heterocycles. The molecule has 0 N–H and O–H groups in total. The summed E-state index contributed by atoms with van der Waals surface area (Å²) in [7, 11) is 0. The highest BCUT2D eigenvalue weighted by Crippen LogP contribution is 2.42. The van der Waals surface area contributed by atoms with Crippen LogP contribution in [0.4, 0.5) is 0 Å². The van der Waals surface area contributed by atoms with Gasteiger partial charge in [0.1, 0.15) is 5.37 Å². The van der Waals surface area contributed by atoms with Crippen molar-refractivity contribution in [1.82, 2.24) is 14.7 Å². The van der Waals surface area contributed by atoms with Crippen molar-refractivity contribution in [3.63, 3.8) is 0 Å². The number of aromatic nitrogens is 2. The van der Waals surface area contributed by atoms with Gasteiger partial charge < -0.3 is 4.90 Å². The average Bonchev–Trinajstić information content (AvgIpc) is 3.31. The zero-order chi connectivity index (χ0) is 19.5. The van der Waals surface area contributed by atoms with Crippen LogP contribution in [0, 0.1) is 5.92 Å². The molecule has 1 amide bonds. The molecule has 0 spiro atoms. The minimum absolute atomic E-state index is 0.0129. The Morgan fingerprint density at radius 2 is 1.75 bits per heavy atom. The van der Waals surface area contributed by atoms with Crippen LogP contribution in [-0.4, -0.2) is 32.9 Å². The van der Waals surface area contributed by atoms with E-state index in [1.54, 1.807) is 11.8 Å². The van der Waals surface area contributed by atoms with E-state index in [2.05, 4.69) is 44.3 Å². The van der Waals surface area contributed by atoms with E-state index in [-0.39, 0.29) is 11.3 Å². The quantitative estimate of drug-likeness (QED) is 0.582. The lowest BCUT2D eigenvalue weighted by Gasteiger charge is -2.24. The van der Waals surface area contributed by atoms with Gasteiger partial charge in [0.2, 0.25) is 5.91 Å². The second-order valence-electron chi connectivity index (χ2n) is 7.51. The number of hydrogen-bond donors (Lipinski definition) is 0. The molecule has 1 fully saturated rings. The fraction of sp³-hybridized carbons (Fsp3) is 0.304. The molecule has 0 aliphatic carbocycles. The first-order valence-corrected chi connectivity index (χ1v) is 10.8. The summed E-state index contributed by atoms with van der Waals surface area (Å²) in [5.41, 5.74) is 4.16. The molecular formula is C23H25N3OS. The van der Waals surface area contributed by atoms with Crippen LogP contribution in [-0.2, 0) is 4.79 Å². The van der Waals surface area contributed by atoms with Crippen LogP contribution in [0.2, 0.25) is 0 Å². The van der Waals surface area contributed by atoms with E-state index in [1.807, 2.05) is 46.0 Å². The van der Waals surface area contributed by atoms with Gasteiger partial charge >= 0.3 is 0 Å². The average molecular weight is 392 g/mol. The minimum atomic E-state index is 0.0129. The third-order valence-electron chi connectivity index (χ3n) is 4.99. The van der Waals surface area contributed by atoms with Gasteiger partial charge in [0.05, 0.1) is 17.1 Å². The summed E-state index contributed by atoms with van der Waals surface area (Å²) < 4.78 is 1.93. The van der Waals surface area contributed by atoms with Gasteiger partial charge in [-0.1, -0.05) is 62.4 Å². The molecule has 144 valence electrons. The van der Waals surface area contributed by atoms with E-state index < -0.39 is 0 Å². The maximum atomic E-state index is 12.6. The lowest BCUT2D eigenvalue weighted by Crippen LogP contribution is -2.30. The summed E-state index contributed by atoms with van der Waals surface area (Å²) in [5.74, 6) is 1.33. The number of hydrogen-bond acceptors (Lipinski definition) is 3. The van der Waals surface area contributed by atoms with Crippen molar-refractivity contribution in [3.8, 4) is 16.9 Å². The van der Waals surface area contributed by atoms with Crippen molar-refractivity contribution in [2.24, 2.45) is 5.92 Å². The van der Waals surface area contributed by atoms with Gasteiger partial charge in [-0.3, -0.25) is 4.79 Å². The van der Waals surface area contributed by atoms with E-state index in [9.17, 15) is 4.79 Å². The number of benzene rings is 2. The fourth-order valence-corrected chi connectivity index (χ4v) is 4.67. The van der Waals surface area contributed by atoms with Crippen LogP contribution < -0.4 is 0 Å². The Balaban J connectivity index is 1.76. The highest BCUT2D eigenvalue weighted by Gasteiger charge is 2.35. The number of para-hydroxylation sites is 1. The molecule has 3 aromatic rings. The zero-order valence-corrected chi connectivity index (χ0v) is 17.1. The Labute approximate surface area is 170 Å². The lowest BCUT2D eigenvalue weighted by molar-refractivity contribution is -0.128. The maximum Gasteiger partial charge on any atom is 0.233 e. The van der Waals surface area contributed by atoms with E-state index in [1.165, 1.54) is 0 Å². The summed E-state index contributed by atoms with van der Waals surface area (Å²) in [6.07, 6.45) is 3.10. The van der Waals surface area contributed by atoms with Gasteiger partial charge in [-0.25, -0.2) is 4.68 Å². The molecule has 0 unspecified atom stereocenters. The molecule has 1 saturated heterocycles. The maximum absolute atomic E-state index is 12.6. The molecule has 5 heteroatoms. The Morgan fingerprint density at radius 3 is 2.43 bits per heavy atom. The van der Waals surface area contributed by atoms with Crippen LogP contribution in [0.15, 0.2) is 66.9 Å². The predicted octanol–water partition coefficient (Wildman–Crippen LogP) is 5.16. The van der Waals surface area contributed by atoms with E-state index >= 15 is 0 Å². The summed E-state index contributed by atoms with van der Waals surface area (Å²) in [5, 5.41) is 4.93. The molecule has 0 saturated carbocycles. The van der Waals surface area contributed by atoms with E-state index in [4.69, 9.17) is 5.10 Å². The number of amides is 1. The van der Waals surface area contributed by atoms with E-state index in [0.717, 1.165) is 35.5 Å². The molecule has 2 aromatic carbocycles. The molecule has 4 rings (SSSR count). The number of nitrogens with zero attached hydrogens (tertiary/aromatic N) is 3. The molecule has 28 heavy (non-hydrogen) atoms.